The van der Waals surface area contributed by atoms with Gasteiger partial charge in [0.15, 0.2) is 6.61 Å². The van der Waals surface area contributed by atoms with E-state index in [4.69, 9.17) is 9.72 Å². The molecule has 2 aromatic carbocycles. The Morgan fingerprint density at radius 2 is 1.74 bits per heavy atom. The third kappa shape index (κ3) is 4.36. The second-order valence-corrected chi connectivity index (χ2v) is 9.09. The number of aryl methyl sites for hydroxylation is 2. The fourth-order valence-corrected chi connectivity index (χ4v) is 5.10. The predicted molar refractivity (Wildman–Crippen MR) is 133 cm³/mol. The van der Waals surface area contributed by atoms with Gasteiger partial charge in [-0.1, -0.05) is 24.6 Å². The van der Waals surface area contributed by atoms with Crippen LogP contribution < -0.4 is 0 Å². The number of benzene rings is 2. The highest BCUT2D eigenvalue weighted by Crippen LogP contribution is 2.29. The number of ketones is 1. The first-order valence-corrected chi connectivity index (χ1v) is 12.0. The van der Waals surface area contributed by atoms with E-state index in [-0.39, 0.29) is 18.2 Å². The summed E-state index contributed by atoms with van der Waals surface area (Å²) in [5.74, 6) is -1.08. The molecular weight excluding hydrogens is 443 g/mol. The van der Waals surface area contributed by atoms with Gasteiger partial charge in [0.05, 0.1) is 11.1 Å². The van der Waals surface area contributed by atoms with E-state index in [0.29, 0.717) is 11.1 Å². The third-order valence-electron chi connectivity index (χ3n) is 6.77. The Bertz CT molecular complexity index is 1440. The zero-order chi connectivity index (χ0) is 24.5. The van der Waals surface area contributed by atoms with E-state index in [0.717, 1.165) is 71.3 Å². The molecule has 0 saturated carbocycles. The Kier molecular flexibility index (Phi) is 6.20. The zero-order valence-electron chi connectivity index (χ0n) is 19.9. The normalized spacial score (nSPS) is 13.3. The summed E-state index contributed by atoms with van der Waals surface area (Å²) in [6, 6.07) is 15.5. The topological polar surface area (TPSA) is 61.2 Å². The minimum absolute atomic E-state index is 0.274. The summed E-state index contributed by atoms with van der Waals surface area (Å²) in [4.78, 5) is 31.3. The summed E-state index contributed by atoms with van der Waals surface area (Å²) in [6.07, 6.45) is 4.78. The fourth-order valence-electron chi connectivity index (χ4n) is 5.10. The van der Waals surface area contributed by atoms with E-state index in [9.17, 15) is 14.0 Å². The summed E-state index contributed by atoms with van der Waals surface area (Å²) < 4.78 is 20.9. The molecule has 5 nitrogen and oxygen atoms in total. The summed E-state index contributed by atoms with van der Waals surface area (Å²) in [7, 11) is 0. The average molecular weight is 471 g/mol. The lowest BCUT2D eigenvalue weighted by atomic mass is 9.97. The van der Waals surface area contributed by atoms with Crippen molar-refractivity contribution in [2.45, 2.75) is 46.0 Å². The first kappa shape index (κ1) is 23.0. The van der Waals surface area contributed by atoms with Crippen molar-refractivity contribution in [2.75, 3.05) is 6.61 Å². The molecule has 0 atom stereocenters. The number of carbonyl (C=O) groups is 2. The smallest absolute Gasteiger partial charge is 0.339 e. The quantitative estimate of drug-likeness (QED) is 0.201. The summed E-state index contributed by atoms with van der Waals surface area (Å²) >= 11 is 0. The maximum Gasteiger partial charge on any atom is 0.339 e. The predicted octanol–water partition coefficient (Wildman–Crippen LogP) is 6.09. The second-order valence-electron chi connectivity index (χ2n) is 9.09. The van der Waals surface area contributed by atoms with E-state index in [2.05, 4.69) is 0 Å². The Hall–Kier alpha value is -3.80. The van der Waals surface area contributed by atoms with Crippen LogP contribution in [0.5, 0.6) is 0 Å². The Labute approximate surface area is 203 Å². The minimum Gasteiger partial charge on any atom is -0.454 e. The van der Waals surface area contributed by atoms with Crippen LogP contribution in [-0.2, 0) is 17.6 Å². The van der Waals surface area contributed by atoms with Gasteiger partial charge < -0.3 is 9.30 Å². The van der Waals surface area contributed by atoms with E-state index >= 15 is 0 Å². The number of para-hydroxylation sites is 1. The number of halogens is 1. The number of ether oxygens (including phenoxy) is 1. The van der Waals surface area contributed by atoms with Gasteiger partial charge in [0, 0.05) is 33.7 Å². The van der Waals surface area contributed by atoms with E-state index in [1.807, 2.05) is 42.7 Å². The molecule has 1 aliphatic carbocycles. The standard InChI is InChI=1S/C29H27FN2O3/c1-18-16-24(19(2)32(18)21-14-12-20(30)13-15-21)27(33)17-35-29(34)28-22-8-4-3-5-10-25(22)31-26-11-7-6-9-23(26)28/h6-7,9,11-16H,3-5,8,10,17H2,1-2H3. The molecule has 0 amide bonds. The number of aromatic nitrogens is 2. The van der Waals surface area contributed by atoms with Gasteiger partial charge in [-0.25, -0.2) is 9.18 Å². The van der Waals surface area contributed by atoms with Gasteiger partial charge in [-0.05, 0) is 81.5 Å². The molecule has 35 heavy (non-hydrogen) atoms. The number of rotatable bonds is 5. The van der Waals surface area contributed by atoms with Gasteiger partial charge in [-0.2, -0.15) is 0 Å². The van der Waals surface area contributed by atoms with E-state index in [1.165, 1.54) is 12.1 Å². The molecule has 178 valence electrons. The van der Waals surface area contributed by atoms with Crippen molar-refractivity contribution in [3.63, 3.8) is 0 Å². The average Bonchev–Trinajstić information content (AvgIpc) is 3.00. The summed E-state index contributed by atoms with van der Waals surface area (Å²) in [5, 5.41) is 0.764. The SMILES string of the molecule is Cc1cc(C(=O)COC(=O)c2c3c(nc4ccccc24)CCCCC3)c(C)n1-c1ccc(F)cc1. The number of fused-ring (bicyclic) bond motifs is 2. The number of esters is 1. The molecule has 6 heteroatoms. The summed E-state index contributed by atoms with van der Waals surface area (Å²) in [5.41, 5.74) is 6.04. The molecular formula is C29H27FN2O3. The molecule has 0 radical (unpaired) electrons. The number of nitrogens with zero attached hydrogens (tertiary/aromatic N) is 2. The lowest BCUT2D eigenvalue weighted by Crippen LogP contribution is -2.17. The molecule has 4 aromatic rings. The Balaban J connectivity index is 1.42. The fraction of sp³-hybridized carbons (Fsp3) is 0.276. The molecule has 0 N–H and O–H groups in total. The largest absolute Gasteiger partial charge is 0.454 e. The molecule has 0 aliphatic heterocycles. The van der Waals surface area contributed by atoms with Gasteiger partial charge in [0.2, 0.25) is 5.78 Å². The lowest BCUT2D eigenvalue weighted by Gasteiger charge is -2.15. The molecule has 2 heterocycles. The highest BCUT2D eigenvalue weighted by Gasteiger charge is 2.24. The van der Waals surface area contributed by atoms with Gasteiger partial charge >= 0.3 is 5.97 Å². The van der Waals surface area contributed by atoms with Crippen LogP contribution in [0, 0.1) is 19.7 Å². The van der Waals surface area contributed by atoms with E-state index < -0.39 is 5.97 Å². The molecule has 0 bridgehead atoms. The van der Waals surface area contributed by atoms with Crippen molar-refractivity contribution in [3.05, 3.63) is 94.2 Å². The van der Waals surface area contributed by atoms with Crippen molar-refractivity contribution in [1.82, 2.24) is 9.55 Å². The maximum absolute atomic E-state index is 13.4. The van der Waals surface area contributed by atoms with Gasteiger partial charge in [-0.15, -0.1) is 0 Å². The number of hydrogen-bond acceptors (Lipinski definition) is 4. The highest BCUT2D eigenvalue weighted by atomic mass is 19.1. The number of carbonyl (C=O) groups excluding carboxylic acids is 2. The van der Waals surface area contributed by atoms with Crippen LogP contribution in [0.4, 0.5) is 4.39 Å². The van der Waals surface area contributed by atoms with Gasteiger partial charge in [-0.3, -0.25) is 9.78 Å². The Morgan fingerprint density at radius 1 is 1.00 bits per heavy atom. The van der Waals surface area contributed by atoms with Crippen LogP contribution in [0.25, 0.3) is 16.6 Å². The van der Waals surface area contributed by atoms with Crippen molar-refractivity contribution in [2.24, 2.45) is 0 Å². The van der Waals surface area contributed by atoms with Crippen LogP contribution in [-0.4, -0.2) is 27.9 Å². The van der Waals surface area contributed by atoms with Crippen molar-refractivity contribution in [3.8, 4) is 5.69 Å². The summed E-state index contributed by atoms with van der Waals surface area (Å²) in [6.45, 7) is 3.37. The van der Waals surface area contributed by atoms with Crippen LogP contribution in [0.2, 0.25) is 0 Å². The molecule has 0 unspecified atom stereocenters. The van der Waals surface area contributed by atoms with Gasteiger partial charge in [0.1, 0.15) is 5.82 Å². The molecule has 2 aromatic heterocycles. The molecule has 0 spiro atoms. The number of hydrogen-bond donors (Lipinski definition) is 0. The molecule has 5 rings (SSSR count). The number of Topliss-reactive ketones (excluding diaryl/α,β-unsaturated/α-hetero) is 1. The second kappa shape index (κ2) is 9.45. The van der Waals surface area contributed by atoms with Crippen molar-refractivity contribution in [1.29, 1.82) is 0 Å². The van der Waals surface area contributed by atoms with Crippen LogP contribution in [0.1, 0.15) is 62.6 Å². The monoisotopic (exact) mass is 470 g/mol. The maximum atomic E-state index is 13.4. The minimum atomic E-state index is -0.484. The van der Waals surface area contributed by atoms with Crippen LogP contribution in [0.3, 0.4) is 0 Å². The van der Waals surface area contributed by atoms with Gasteiger partial charge in [0.25, 0.3) is 0 Å². The first-order valence-electron chi connectivity index (χ1n) is 12.0. The third-order valence-corrected chi connectivity index (χ3v) is 6.77. The van der Waals surface area contributed by atoms with Crippen LogP contribution >= 0.6 is 0 Å². The van der Waals surface area contributed by atoms with Crippen molar-refractivity contribution >= 4 is 22.7 Å². The number of pyridine rings is 1. The van der Waals surface area contributed by atoms with Crippen LogP contribution in [0.15, 0.2) is 54.6 Å². The first-order chi connectivity index (χ1) is 16.9. The highest BCUT2D eigenvalue weighted by molar-refractivity contribution is 6.06. The van der Waals surface area contributed by atoms with E-state index in [1.54, 1.807) is 18.2 Å². The zero-order valence-corrected chi connectivity index (χ0v) is 19.9. The van der Waals surface area contributed by atoms with Crippen molar-refractivity contribution < 1.29 is 18.7 Å². The molecule has 0 fully saturated rings. The molecule has 1 aliphatic rings. The molecule has 0 saturated heterocycles. The lowest BCUT2D eigenvalue weighted by molar-refractivity contribution is 0.0475. The Morgan fingerprint density at radius 3 is 2.54 bits per heavy atom.